The summed E-state index contributed by atoms with van der Waals surface area (Å²) >= 11 is 0. The predicted octanol–water partition coefficient (Wildman–Crippen LogP) is 1.65. The van der Waals surface area contributed by atoms with Gasteiger partial charge in [-0.05, 0) is 31.0 Å². The first kappa shape index (κ1) is 9.21. The van der Waals surface area contributed by atoms with Crippen molar-refractivity contribution in [3.63, 3.8) is 0 Å². The lowest BCUT2D eigenvalue weighted by atomic mass is 10.1. The zero-order valence-electron chi connectivity index (χ0n) is 8.83. The summed E-state index contributed by atoms with van der Waals surface area (Å²) in [5.41, 5.74) is 10.3. The lowest BCUT2D eigenvalue weighted by Gasteiger charge is -2.00. The number of aromatic nitrogens is 2. The molecule has 0 atom stereocenters. The van der Waals surface area contributed by atoms with Gasteiger partial charge in [-0.15, -0.1) is 0 Å². The molecule has 0 spiro atoms. The van der Waals surface area contributed by atoms with Crippen LogP contribution in [-0.4, -0.2) is 9.78 Å². The van der Waals surface area contributed by atoms with Crippen LogP contribution in [-0.2, 0) is 13.6 Å². The monoisotopic (exact) mass is 189 g/mol. The molecular weight excluding hydrogens is 174 g/mol. The van der Waals surface area contributed by atoms with Gasteiger partial charge in [-0.1, -0.05) is 6.07 Å². The highest BCUT2D eigenvalue weighted by Crippen LogP contribution is 2.22. The van der Waals surface area contributed by atoms with Crippen molar-refractivity contribution in [1.29, 1.82) is 0 Å². The molecule has 74 valence electrons. The summed E-state index contributed by atoms with van der Waals surface area (Å²) in [6, 6.07) is 4.27. The van der Waals surface area contributed by atoms with Gasteiger partial charge in [0.2, 0.25) is 0 Å². The van der Waals surface area contributed by atoms with Crippen LogP contribution >= 0.6 is 0 Å². The Morgan fingerprint density at radius 1 is 1.36 bits per heavy atom. The molecular formula is C11H15N3. The second kappa shape index (κ2) is 3.10. The summed E-state index contributed by atoms with van der Waals surface area (Å²) in [6.45, 7) is 4.72. The molecule has 2 N–H and O–H groups in total. The van der Waals surface area contributed by atoms with Crippen LogP contribution in [0.25, 0.3) is 10.9 Å². The number of aryl methyl sites for hydroxylation is 3. The lowest BCUT2D eigenvalue weighted by molar-refractivity contribution is 0.749. The van der Waals surface area contributed by atoms with E-state index in [1.807, 2.05) is 11.7 Å². The molecule has 0 aliphatic carbocycles. The van der Waals surface area contributed by atoms with E-state index in [1.54, 1.807) is 0 Å². The highest BCUT2D eigenvalue weighted by Gasteiger charge is 2.08. The number of rotatable bonds is 1. The molecule has 0 aliphatic heterocycles. The summed E-state index contributed by atoms with van der Waals surface area (Å²) in [4.78, 5) is 0. The third-order valence-corrected chi connectivity index (χ3v) is 2.68. The molecule has 2 rings (SSSR count). The molecule has 0 saturated carbocycles. The first-order valence-electron chi connectivity index (χ1n) is 4.76. The van der Waals surface area contributed by atoms with E-state index < -0.39 is 0 Å². The van der Waals surface area contributed by atoms with Gasteiger partial charge in [-0.25, -0.2) is 0 Å². The van der Waals surface area contributed by atoms with Crippen molar-refractivity contribution >= 4 is 10.9 Å². The largest absolute Gasteiger partial charge is 0.326 e. The molecule has 0 aliphatic rings. The van der Waals surface area contributed by atoms with Crippen LogP contribution in [0.15, 0.2) is 12.1 Å². The van der Waals surface area contributed by atoms with Crippen molar-refractivity contribution in [2.75, 3.05) is 0 Å². The van der Waals surface area contributed by atoms with Gasteiger partial charge in [-0.3, -0.25) is 4.68 Å². The summed E-state index contributed by atoms with van der Waals surface area (Å²) in [7, 11) is 1.96. The standard InChI is InChI=1S/C11H15N3/c1-7-4-9(6-12)11-10(5-7)8(2)14(3)13-11/h4-5H,6,12H2,1-3H3. The fourth-order valence-electron chi connectivity index (χ4n) is 1.80. The Balaban J connectivity index is 2.87. The normalized spacial score (nSPS) is 11.1. The van der Waals surface area contributed by atoms with E-state index in [-0.39, 0.29) is 0 Å². The van der Waals surface area contributed by atoms with Gasteiger partial charge in [-0.2, -0.15) is 5.10 Å². The van der Waals surface area contributed by atoms with E-state index in [0.717, 1.165) is 11.1 Å². The molecule has 0 unspecified atom stereocenters. The Bertz CT molecular complexity index is 483. The van der Waals surface area contributed by atoms with E-state index in [1.165, 1.54) is 16.6 Å². The van der Waals surface area contributed by atoms with Crippen molar-refractivity contribution in [2.24, 2.45) is 12.8 Å². The first-order valence-corrected chi connectivity index (χ1v) is 4.76. The van der Waals surface area contributed by atoms with Crippen molar-refractivity contribution in [3.05, 3.63) is 29.0 Å². The van der Waals surface area contributed by atoms with Crippen molar-refractivity contribution in [2.45, 2.75) is 20.4 Å². The molecule has 0 radical (unpaired) electrons. The van der Waals surface area contributed by atoms with Gasteiger partial charge >= 0.3 is 0 Å². The summed E-state index contributed by atoms with van der Waals surface area (Å²) in [5.74, 6) is 0. The van der Waals surface area contributed by atoms with Crippen LogP contribution < -0.4 is 5.73 Å². The maximum absolute atomic E-state index is 5.69. The van der Waals surface area contributed by atoms with Gasteiger partial charge < -0.3 is 5.73 Å². The molecule has 0 amide bonds. The molecule has 2 aromatic rings. The van der Waals surface area contributed by atoms with Crippen LogP contribution in [0.5, 0.6) is 0 Å². The molecule has 0 bridgehead atoms. The molecule has 0 fully saturated rings. The Labute approximate surface area is 83.5 Å². The van der Waals surface area contributed by atoms with Crippen LogP contribution in [0.1, 0.15) is 16.8 Å². The Morgan fingerprint density at radius 3 is 2.71 bits per heavy atom. The van der Waals surface area contributed by atoms with Gasteiger partial charge in [0, 0.05) is 24.7 Å². The molecule has 3 heteroatoms. The Kier molecular flexibility index (Phi) is 2.04. The summed E-state index contributed by atoms with van der Waals surface area (Å²) in [6.07, 6.45) is 0. The second-order valence-electron chi connectivity index (χ2n) is 3.73. The van der Waals surface area contributed by atoms with E-state index in [4.69, 9.17) is 5.73 Å². The van der Waals surface area contributed by atoms with Gasteiger partial charge in [0.1, 0.15) is 0 Å². The number of hydrogen-bond donors (Lipinski definition) is 1. The fraction of sp³-hybridized carbons (Fsp3) is 0.364. The average molecular weight is 189 g/mol. The van der Waals surface area contributed by atoms with Crippen molar-refractivity contribution < 1.29 is 0 Å². The van der Waals surface area contributed by atoms with Crippen LogP contribution in [0, 0.1) is 13.8 Å². The predicted molar refractivity (Wildman–Crippen MR) is 58.1 cm³/mol. The van der Waals surface area contributed by atoms with E-state index in [0.29, 0.717) is 6.54 Å². The number of hydrogen-bond acceptors (Lipinski definition) is 2. The molecule has 0 saturated heterocycles. The summed E-state index contributed by atoms with van der Waals surface area (Å²) < 4.78 is 1.91. The van der Waals surface area contributed by atoms with Crippen molar-refractivity contribution in [1.82, 2.24) is 9.78 Å². The Hall–Kier alpha value is -1.35. The van der Waals surface area contributed by atoms with Gasteiger partial charge in [0.05, 0.1) is 5.52 Å². The number of nitrogens with zero attached hydrogens (tertiary/aromatic N) is 2. The second-order valence-corrected chi connectivity index (χ2v) is 3.73. The van der Waals surface area contributed by atoms with Crippen molar-refractivity contribution in [3.8, 4) is 0 Å². The number of benzene rings is 1. The van der Waals surface area contributed by atoms with E-state index in [2.05, 4.69) is 31.1 Å². The van der Waals surface area contributed by atoms with E-state index in [9.17, 15) is 0 Å². The van der Waals surface area contributed by atoms with Crippen LogP contribution in [0.2, 0.25) is 0 Å². The highest BCUT2D eigenvalue weighted by atomic mass is 15.3. The Morgan fingerprint density at radius 2 is 2.07 bits per heavy atom. The zero-order chi connectivity index (χ0) is 10.3. The SMILES string of the molecule is Cc1cc(CN)c2nn(C)c(C)c2c1. The lowest BCUT2D eigenvalue weighted by Crippen LogP contribution is -1.98. The minimum absolute atomic E-state index is 0.550. The van der Waals surface area contributed by atoms with E-state index >= 15 is 0 Å². The average Bonchev–Trinajstić information content (AvgIpc) is 2.43. The third kappa shape index (κ3) is 1.21. The minimum Gasteiger partial charge on any atom is -0.326 e. The maximum atomic E-state index is 5.69. The van der Waals surface area contributed by atoms with Gasteiger partial charge in [0.25, 0.3) is 0 Å². The quantitative estimate of drug-likeness (QED) is 0.741. The first-order chi connectivity index (χ1) is 6.63. The molecule has 3 nitrogen and oxygen atoms in total. The molecule has 1 aromatic heterocycles. The summed E-state index contributed by atoms with van der Waals surface area (Å²) in [5, 5.41) is 5.68. The maximum Gasteiger partial charge on any atom is 0.0971 e. The van der Waals surface area contributed by atoms with Gasteiger partial charge in [0.15, 0.2) is 0 Å². The van der Waals surface area contributed by atoms with Crippen LogP contribution in [0.4, 0.5) is 0 Å². The smallest absolute Gasteiger partial charge is 0.0971 e. The van der Waals surface area contributed by atoms with Crippen LogP contribution in [0.3, 0.4) is 0 Å². The third-order valence-electron chi connectivity index (χ3n) is 2.68. The topological polar surface area (TPSA) is 43.8 Å². The number of nitrogens with two attached hydrogens (primary N) is 1. The minimum atomic E-state index is 0.550. The molecule has 14 heavy (non-hydrogen) atoms. The fourth-order valence-corrected chi connectivity index (χ4v) is 1.80. The zero-order valence-corrected chi connectivity index (χ0v) is 8.83. The molecule has 1 heterocycles. The highest BCUT2D eigenvalue weighted by molar-refractivity contribution is 5.85. The molecule has 1 aromatic carbocycles. The number of fused-ring (bicyclic) bond motifs is 1.